The van der Waals surface area contributed by atoms with Gasteiger partial charge in [-0.2, -0.15) is 5.26 Å². The molecule has 0 aromatic heterocycles. The average Bonchev–Trinajstić information content (AvgIpc) is 1.61. The SMILES string of the molecule is N#C[C]=[C+]C#N. The Labute approximate surface area is 35.9 Å². The van der Waals surface area contributed by atoms with Crippen molar-refractivity contribution in [2.45, 2.75) is 0 Å². The molecule has 0 aliphatic carbocycles. The predicted octanol–water partition coefficient (Wildman–Crippen LogP) is 0.196. The number of nitrogens with zero attached hydrogens (tertiary/aromatic N) is 2. The van der Waals surface area contributed by atoms with Gasteiger partial charge >= 0.3 is 12.1 Å². The fourth-order valence-electron chi connectivity index (χ4n) is 0.0559. The van der Waals surface area contributed by atoms with Crippen molar-refractivity contribution in [3.63, 3.8) is 0 Å². The zero-order valence-electron chi connectivity index (χ0n) is 2.89. The van der Waals surface area contributed by atoms with Crippen molar-refractivity contribution in [3.05, 3.63) is 12.2 Å². The monoisotopic (exact) mass is 76.0 g/mol. The Morgan fingerprint density at radius 1 is 1.33 bits per heavy atom. The lowest BCUT2D eigenvalue weighted by Gasteiger charge is -1.23. The lowest BCUT2D eigenvalue weighted by molar-refractivity contribution is 1.49. The van der Waals surface area contributed by atoms with Crippen molar-refractivity contribution in [1.29, 1.82) is 10.5 Å². The third-order valence-electron chi connectivity index (χ3n) is 0.174. The van der Waals surface area contributed by atoms with Gasteiger partial charge in [0.1, 0.15) is 0 Å². The minimum Gasteiger partial charge on any atom is -0.158 e. The molecule has 0 N–H and O–H groups in total. The molecule has 0 aromatic carbocycles. The number of hydrogen-bond donors (Lipinski definition) is 0. The average molecular weight is 76.1 g/mol. The molecule has 0 heterocycles. The van der Waals surface area contributed by atoms with Crippen molar-refractivity contribution in [3.8, 4) is 12.1 Å². The van der Waals surface area contributed by atoms with Crippen molar-refractivity contribution in [2.24, 2.45) is 0 Å². The lowest BCUT2D eigenvalue weighted by Crippen LogP contribution is -1.45. The van der Waals surface area contributed by atoms with E-state index >= 15 is 0 Å². The van der Waals surface area contributed by atoms with Crippen LogP contribution in [0.1, 0.15) is 0 Å². The van der Waals surface area contributed by atoms with E-state index in [4.69, 9.17) is 10.5 Å². The zero-order valence-corrected chi connectivity index (χ0v) is 2.89. The van der Waals surface area contributed by atoms with E-state index in [1.54, 1.807) is 0 Å². The Morgan fingerprint density at radius 3 is 2.17 bits per heavy atom. The van der Waals surface area contributed by atoms with Crippen LogP contribution in [0.2, 0.25) is 0 Å². The first-order chi connectivity index (χ1) is 2.91. The maximum Gasteiger partial charge on any atom is 0.376 e. The third kappa shape index (κ3) is 2.63. The number of hydrogen-bond acceptors (Lipinski definition) is 2. The van der Waals surface area contributed by atoms with E-state index in [9.17, 15) is 0 Å². The van der Waals surface area contributed by atoms with Gasteiger partial charge in [0.25, 0.3) is 6.07 Å². The lowest BCUT2D eigenvalue weighted by atomic mass is 10.6. The Kier molecular flexibility index (Phi) is 2.80. The molecule has 0 saturated carbocycles. The first kappa shape index (κ1) is 4.63. The van der Waals surface area contributed by atoms with Gasteiger partial charge in [0.05, 0.1) is 0 Å². The summed E-state index contributed by atoms with van der Waals surface area (Å²) in [6.45, 7) is 0. The molecule has 0 fully saturated rings. The summed E-state index contributed by atoms with van der Waals surface area (Å²) >= 11 is 0. The quantitative estimate of drug-likeness (QED) is 0.305. The van der Waals surface area contributed by atoms with E-state index in [2.05, 4.69) is 0 Å². The number of nitriles is 2. The van der Waals surface area contributed by atoms with E-state index in [1.165, 1.54) is 12.1 Å². The first-order valence-electron chi connectivity index (χ1n) is 1.20. The van der Waals surface area contributed by atoms with Gasteiger partial charge in [-0.15, -0.1) is 0 Å². The van der Waals surface area contributed by atoms with Crippen LogP contribution in [0.3, 0.4) is 0 Å². The summed E-state index contributed by atoms with van der Waals surface area (Å²) in [7, 11) is 0. The van der Waals surface area contributed by atoms with Gasteiger partial charge in [0.2, 0.25) is 6.08 Å². The second-order valence-corrected chi connectivity index (χ2v) is 0.474. The molecule has 0 aromatic rings. The third-order valence-corrected chi connectivity index (χ3v) is 0.174. The molecule has 0 aliphatic rings. The maximum atomic E-state index is 7.62. The molecule has 0 unspecified atom stereocenters. The van der Waals surface area contributed by atoms with Crippen LogP contribution >= 0.6 is 0 Å². The second-order valence-electron chi connectivity index (χ2n) is 0.474. The van der Waals surface area contributed by atoms with Gasteiger partial charge in [0, 0.05) is 0 Å². The van der Waals surface area contributed by atoms with Gasteiger partial charge in [-0.3, -0.25) is 0 Å². The van der Waals surface area contributed by atoms with E-state index in [1.807, 2.05) is 12.2 Å². The van der Waals surface area contributed by atoms with Crippen molar-refractivity contribution in [2.75, 3.05) is 0 Å². The topological polar surface area (TPSA) is 47.6 Å². The molecule has 0 spiro atoms. The van der Waals surface area contributed by atoms with E-state index in [0.29, 0.717) is 0 Å². The first-order valence-corrected chi connectivity index (χ1v) is 1.20. The molecular formula is C4N2+. The summed E-state index contributed by atoms with van der Waals surface area (Å²) in [4.78, 5) is 0. The van der Waals surface area contributed by atoms with E-state index < -0.39 is 0 Å². The highest BCUT2D eigenvalue weighted by Crippen LogP contribution is 1.55. The van der Waals surface area contributed by atoms with Crippen LogP contribution in [0, 0.1) is 34.8 Å². The molecule has 0 aliphatic heterocycles. The number of rotatable bonds is 0. The molecule has 0 saturated heterocycles. The molecule has 2 heteroatoms. The molecule has 25 valence electrons. The van der Waals surface area contributed by atoms with Gasteiger partial charge < -0.3 is 0 Å². The van der Waals surface area contributed by atoms with Crippen LogP contribution in [0.4, 0.5) is 0 Å². The molecular weight excluding hydrogens is 76.1 g/mol. The van der Waals surface area contributed by atoms with Gasteiger partial charge in [-0.25, -0.2) is 0 Å². The van der Waals surface area contributed by atoms with Crippen molar-refractivity contribution in [1.82, 2.24) is 0 Å². The zero-order chi connectivity index (χ0) is 4.83. The van der Waals surface area contributed by atoms with Gasteiger partial charge in [0.15, 0.2) is 0 Å². The second kappa shape index (κ2) is 3.63. The summed E-state index contributed by atoms with van der Waals surface area (Å²) in [5.41, 5.74) is 0. The molecule has 0 amide bonds. The largest absolute Gasteiger partial charge is 0.376 e. The molecule has 1 radical (unpaired) electrons. The smallest absolute Gasteiger partial charge is 0.158 e. The van der Waals surface area contributed by atoms with Gasteiger partial charge in [-0.05, 0) is 5.26 Å². The van der Waals surface area contributed by atoms with E-state index in [0.717, 1.165) is 0 Å². The van der Waals surface area contributed by atoms with Crippen molar-refractivity contribution < 1.29 is 0 Å². The number of allylic oxidation sites excluding steroid dienone is 2. The minimum atomic E-state index is 1.48. The highest BCUT2D eigenvalue weighted by Gasteiger charge is 1.78. The molecule has 0 rings (SSSR count). The van der Waals surface area contributed by atoms with E-state index in [-0.39, 0.29) is 0 Å². The summed E-state index contributed by atoms with van der Waals surface area (Å²) in [6.07, 6.45) is 3.78. The van der Waals surface area contributed by atoms with Crippen molar-refractivity contribution >= 4 is 0 Å². The van der Waals surface area contributed by atoms with Crippen LogP contribution in [0.15, 0.2) is 0 Å². The standard InChI is InChI=1S/C4N2/c5-3-1-2-4-6/q+1. The molecule has 0 bridgehead atoms. The van der Waals surface area contributed by atoms with Crippen LogP contribution in [0.5, 0.6) is 0 Å². The molecule has 6 heavy (non-hydrogen) atoms. The minimum absolute atomic E-state index is 1.48. The normalized spacial score (nSPS) is 5.67. The summed E-state index contributed by atoms with van der Waals surface area (Å²) in [5, 5.41) is 15.2. The Balaban J connectivity index is 3.36. The molecule has 2 nitrogen and oxygen atoms in total. The van der Waals surface area contributed by atoms with Crippen LogP contribution in [0.25, 0.3) is 0 Å². The summed E-state index contributed by atoms with van der Waals surface area (Å²) in [6, 6.07) is 2.97. The Bertz CT molecular complexity index is 105. The Hall–Kier alpha value is -1.37. The summed E-state index contributed by atoms with van der Waals surface area (Å²) < 4.78 is 0. The Morgan fingerprint density at radius 2 is 2.00 bits per heavy atom. The molecule has 0 atom stereocenters. The van der Waals surface area contributed by atoms with Gasteiger partial charge in [-0.1, -0.05) is 0 Å². The van der Waals surface area contributed by atoms with Crippen LogP contribution in [-0.2, 0) is 0 Å². The van der Waals surface area contributed by atoms with Crippen LogP contribution < -0.4 is 0 Å². The highest BCUT2D eigenvalue weighted by molar-refractivity contribution is 4.97. The predicted molar refractivity (Wildman–Crippen MR) is 17.7 cm³/mol. The maximum absolute atomic E-state index is 7.62. The highest BCUT2D eigenvalue weighted by atomic mass is 14.2. The fraction of sp³-hybridized carbons (Fsp3) is 0. The van der Waals surface area contributed by atoms with Crippen LogP contribution in [-0.4, -0.2) is 0 Å². The fourth-order valence-corrected chi connectivity index (χ4v) is 0.0559. The summed E-state index contributed by atoms with van der Waals surface area (Å²) in [5.74, 6) is 0.